The first kappa shape index (κ1) is 23.4. The normalized spacial score (nSPS) is 24.0. The standard InChI is InChI=1S/C22H36N4O.HI/c1-18-9-14-26(15-10-18)13-6-12-24-22(23-2)25-17-20-11-16-27-21(20)19-7-4-3-5-8-19;/h3-5,7-8,18,20-21H,6,9-17H2,1-2H3,(H2,23,24,25);1H. The number of nitrogens with zero attached hydrogens (tertiary/aromatic N) is 2. The van der Waals surface area contributed by atoms with Crippen molar-refractivity contribution in [1.82, 2.24) is 15.5 Å². The maximum Gasteiger partial charge on any atom is 0.190 e. The number of hydrogen-bond donors (Lipinski definition) is 2. The topological polar surface area (TPSA) is 48.9 Å². The van der Waals surface area contributed by atoms with Gasteiger partial charge in [0.25, 0.3) is 0 Å². The molecule has 6 heteroatoms. The number of likely N-dealkylation sites (tertiary alicyclic amines) is 1. The van der Waals surface area contributed by atoms with Gasteiger partial charge in [0, 0.05) is 32.7 Å². The van der Waals surface area contributed by atoms with Crippen LogP contribution in [0.5, 0.6) is 0 Å². The highest BCUT2D eigenvalue weighted by molar-refractivity contribution is 14.0. The maximum absolute atomic E-state index is 5.98. The van der Waals surface area contributed by atoms with E-state index in [0.29, 0.717) is 5.92 Å². The molecule has 2 aliphatic heterocycles. The van der Waals surface area contributed by atoms with Crippen molar-refractivity contribution in [3.8, 4) is 0 Å². The molecule has 0 radical (unpaired) electrons. The van der Waals surface area contributed by atoms with Gasteiger partial charge in [-0.2, -0.15) is 0 Å². The van der Waals surface area contributed by atoms with E-state index in [1.165, 1.54) is 38.0 Å². The van der Waals surface area contributed by atoms with Crippen LogP contribution in [0.25, 0.3) is 0 Å². The Morgan fingerprint density at radius 1 is 1.14 bits per heavy atom. The van der Waals surface area contributed by atoms with Gasteiger partial charge in [-0.3, -0.25) is 4.99 Å². The van der Waals surface area contributed by atoms with Crippen molar-refractivity contribution in [2.24, 2.45) is 16.8 Å². The number of aliphatic imine (C=N–C) groups is 1. The highest BCUT2D eigenvalue weighted by atomic mass is 127. The van der Waals surface area contributed by atoms with E-state index in [2.05, 4.69) is 57.8 Å². The van der Waals surface area contributed by atoms with Crippen molar-refractivity contribution >= 4 is 29.9 Å². The van der Waals surface area contributed by atoms with Gasteiger partial charge in [-0.1, -0.05) is 37.3 Å². The minimum absolute atomic E-state index is 0. The van der Waals surface area contributed by atoms with Crippen LogP contribution in [0, 0.1) is 11.8 Å². The zero-order valence-corrected chi connectivity index (χ0v) is 19.7. The molecule has 0 aliphatic carbocycles. The van der Waals surface area contributed by atoms with Gasteiger partial charge in [0.1, 0.15) is 0 Å². The number of halogens is 1. The molecule has 2 fully saturated rings. The van der Waals surface area contributed by atoms with Gasteiger partial charge in [-0.15, -0.1) is 24.0 Å². The lowest BCUT2D eigenvalue weighted by molar-refractivity contribution is 0.0915. The second-order valence-electron chi connectivity index (χ2n) is 8.01. The zero-order valence-electron chi connectivity index (χ0n) is 17.4. The average molecular weight is 500 g/mol. The molecular formula is C22H37IN4O. The molecule has 3 rings (SSSR count). The Kier molecular flexibility index (Phi) is 10.6. The Hall–Kier alpha value is -0.860. The lowest BCUT2D eigenvalue weighted by atomic mass is 9.95. The minimum atomic E-state index is 0. The molecule has 28 heavy (non-hydrogen) atoms. The van der Waals surface area contributed by atoms with Crippen LogP contribution >= 0.6 is 24.0 Å². The number of nitrogens with one attached hydrogen (secondary N) is 2. The van der Waals surface area contributed by atoms with Crippen molar-refractivity contribution in [2.45, 2.75) is 38.7 Å². The zero-order chi connectivity index (χ0) is 18.9. The highest BCUT2D eigenvalue weighted by Gasteiger charge is 2.29. The number of rotatable bonds is 7. The van der Waals surface area contributed by atoms with Crippen molar-refractivity contribution < 1.29 is 4.74 Å². The third-order valence-corrected chi connectivity index (χ3v) is 5.92. The molecule has 2 atom stereocenters. The van der Waals surface area contributed by atoms with Crippen molar-refractivity contribution in [1.29, 1.82) is 0 Å². The molecule has 0 aromatic heterocycles. The summed E-state index contributed by atoms with van der Waals surface area (Å²) in [4.78, 5) is 6.98. The van der Waals surface area contributed by atoms with E-state index in [1.54, 1.807) is 0 Å². The summed E-state index contributed by atoms with van der Waals surface area (Å²) in [6.45, 7) is 8.77. The summed E-state index contributed by atoms with van der Waals surface area (Å²) in [7, 11) is 1.85. The fourth-order valence-electron chi connectivity index (χ4n) is 4.10. The van der Waals surface area contributed by atoms with Crippen LogP contribution in [0.3, 0.4) is 0 Å². The summed E-state index contributed by atoms with van der Waals surface area (Å²) in [6, 6.07) is 10.6. The Labute approximate surface area is 187 Å². The maximum atomic E-state index is 5.98. The molecule has 158 valence electrons. The molecule has 0 spiro atoms. The molecule has 1 aromatic carbocycles. The van der Waals surface area contributed by atoms with Gasteiger partial charge in [0.15, 0.2) is 5.96 Å². The van der Waals surface area contributed by atoms with E-state index in [9.17, 15) is 0 Å². The first-order valence-corrected chi connectivity index (χ1v) is 10.6. The summed E-state index contributed by atoms with van der Waals surface area (Å²) in [5.74, 6) is 2.30. The van der Waals surface area contributed by atoms with Gasteiger partial charge in [-0.25, -0.2) is 0 Å². The summed E-state index contributed by atoms with van der Waals surface area (Å²) < 4.78 is 5.98. The summed E-state index contributed by atoms with van der Waals surface area (Å²) >= 11 is 0. The first-order chi connectivity index (χ1) is 13.3. The van der Waals surface area contributed by atoms with Crippen LogP contribution in [-0.2, 0) is 4.74 Å². The first-order valence-electron chi connectivity index (χ1n) is 10.6. The van der Waals surface area contributed by atoms with Crippen molar-refractivity contribution in [3.05, 3.63) is 35.9 Å². The van der Waals surface area contributed by atoms with Crippen molar-refractivity contribution in [2.75, 3.05) is 46.4 Å². The predicted octanol–water partition coefficient (Wildman–Crippen LogP) is 3.67. The molecule has 0 bridgehead atoms. The van der Waals surface area contributed by atoms with Crippen LogP contribution in [0.4, 0.5) is 0 Å². The van der Waals surface area contributed by atoms with Crippen LogP contribution < -0.4 is 10.6 Å². The summed E-state index contributed by atoms with van der Waals surface area (Å²) in [6.07, 6.45) is 5.15. The predicted molar refractivity (Wildman–Crippen MR) is 127 cm³/mol. The van der Waals surface area contributed by atoms with Gasteiger partial charge < -0.3 is 20.3 Å². The van der Waals surface area contributed by atoms with E-state index >= 15 is 0 Å². The Balaban J connectivity index is 0.00000280. The molecule has 5 nitrogen and oxygen atoms in total. The molecule has 2 aliphatic rings. The monoisotopic (exact) mass is 500 g/mol. The van der Waals surface area contributed by atoms with Crippen molar-refractivity contribution in [3.63, 3.8) is 0 Å². The Morgan fingerprint density at radius 2 is 1.89 bits per heavy atom. The molecule has 2 heterocycles. The van der Waals surface area contributed by atoms with Crippen LogP contribution in [-0.4, -0.2) is 57.2 Å². The van der Waals surface area contributed by atoms with E-state index in [1.807, 2.05) is 7.05 Å². The lowest BCUT2D eigenvalue weighted by Gasteiger charge is -2.30. The van der Waals surface area contributed by atoms with Gasteiger partial charge in [-0.05, 0) is 56.8 Å². The van der Waals surface area contributed by atoms with Crippen LogP contribution in [0.2, 0.25) is 0 Å². The molecular weight excluding hydrogens is 463 g/mol. The third-order valence-electron chi connectivity index (χ3n) is 5.92. The molecule has 1 aromatic rings. The summed E-state index contributed by atoms with van der Waals surface area (Å²) in [5, 5.41) is 6.97. The largest absolute Gasteiger partial charge is 0.373 e. The molecule has 2 saturated heterocycles. The summed E-state index contributed by atoms with van der Waals surface area (Å²) in [5.41, 5.74) is 1.28. The smallest absolute Gasteiger partial charge is 0.190 e. The minimum Gasteiger partial charge on any atom is -0.373 e. The second-order valence-corrected chi connectivity index (χ2v) is 8.01. The lowest BCUT2D eigenvalue weighted by Crippen LogP contribution is -2.41. The van der Waals surface area contributed by atoms with Crippen LogP contribution in [0.15, 0.2) is 35.3 Å². The highest BCUT2D eigenvalue weighted by Crippen LogP contribution is 2.33. The SMILES string of the molecule is CN=C(NCCCN1CCC(C)CC1)NCC1CCOC1c1ccccc1.I. The van der Waals surface area contributed by atoms with E-state index in [0.717, 1.165) is 44.4 Å². The fourth-order valence-corrected chi connectivity index (χ4v) is 4.10. The van der Waals surface area contributed by atoms with E-state index in [4.69, 9.17) is 4.74 Å². The number of benzene rings is 1. The van der Waals surface area contributed by atoms with E-state index in [-0.39, 0.29) is 30.1 Å². The number of piperidine rings is 1. The Bertz CT molecular complexity index is 575. The van der Waals surface area contributed by atoms with Gasteiger partial charge >= 0.3 is 0 Å². The molecule has 0 amide bonds. The van der Waals surface area contributed by atoms with Gasteiger partial charge in [0.2, 0.25) is 0 Å². The number of hydrogen-bond acceptors (Lipinski definition) is 3. The molecule has 2 unspecified atom stereocenters. The van der Waals surface area contributed by atoms with E-state index < -0.39 is 0 Å². The second kappa shape index (κ2) is 12.6. The van der Waals surface area contributed by atoms with Gasteiger partial charge in [0.05, 0.1) is 6.10 Å². The molecule has 2 N–H and O–H groups in total. The fraction of sp³-hybridized carbons (Fsp3) is 0.682. The Morgan fingerprint density at radius 3 is 2.61 bits per heavy atom. The quantitative estimate of drug-likeness (QED) is 0.260. The number of guanidine groups is 1. The third kappa shape index (κ3) is 7.19. The average Bonchev–Trinajstić information content (AvgIpc) is 3.18. The molecule has 0 saturated carbocycles. The number of ether oxygens (including phenoxy) is 1. The van der Waals surface area contributed by atoms with Crippen LogP contribution in [0.1, 0.15) is 44.3 Å².